The summed E-state index contributed by atoms with van der Waals surface area (Å²) in [4.78, 5) is 11.7. The van der Waals surface area contributed by atoms with E-state index < -0.39 is 0 Å². The molecule has 18 heavy (non-hydrogen) atoms. The second kappa shape index (κ2) is 7.10. The van der Waals surface area contributed by atoms with Crippen LogP contribution in [0.3, 0.4) is 0 Å². The highest BCUT2D eigenvalue weighted by Gasteiger charge is 2.23. The van der Waals surface area contributed by atoms with Gasteiger partial charge in [0.2, 0.25) is 5.91 Å². The van der Waals surface area contributed by atoms with E-state index in [4.69, 9.17) is 0 Å². The number of carbonyl (C=O) groups excluding carboxylic acids is 1. The van der Waals surface area contributed by atoms with Crippen LogP contribution in [0.4, 0.5) is 0 Å². The number of aliphatic hydroxyl groups is 1. The summed E-state index contributed by atoms with van der Waals surface area (Å²) in [5.41, 5.74) is 0. The summed E-state index contributed by atoms with van der Waals surface area (Å²) < 4.78 is 0. The smallest absolute Gasteiger partial charge is 0.234 e. The molecule has 0 aliphatic heterocycles. The Labute approximate surface area is 110 Å². The zero-order valence-corrected chi connectivity index (χ0v) is 11.2. The van der Waals surface area contributed by atoms with E-state index in [-0.39, 0.29) is 12.0 Å². The molecule has 4 nitrogen and oxygen atoms in total. The lowest BCUT2D eigenvalue weighted by atomic mass is 9.86. The Balaban J connectivity index is 1.57. The van der Waals surface area contributed by atoms with Crippen molar-refractivity contribution in [3.63, 3.8) is 0 Å². The molecule has 0 saturated heterocycles. The van der Waals surface area contributed by atoms with Crippen molar-refractivity contribution in [2.75, 3.05) is 13.1 Å². The van der Waals surface area contributed by atoms with Gasteiger partial charge in [-0.3, -0.25) is 4.79 Å². The molecule has 0 aromatic heterocycles. The van der Waals surface area contributed by atoms with E-state index in [0.29, 0.717) is 18.5 Å². The van der Waals surface area contributed by atoms with Crippen molar-refractivity contribution >= 4 is 5.91 Å². The summed E-state index contributed by atoms with van der Waals surface area (Å²) in [6.45, 7) is 1.15. The normalized spacial score (nSPS) is 29.4. The van der Waals surface area contributed by atoms with Crippen LogP contribution in [0.25, 0.3) is 0 Å². The highest BCUT2D eigenvalue weighted by molar-refractivity contribution is 5.78. The molecule has 0 aromatic carbocycles. The number of aliphatic hydroxyl groups excluding tert-OH is 1. The first-order chi connectivity index (χ1) is 8.75. The number of nitrogens with one attached hydrogen (secondary N) is 2. The van der Waals surface area contributed by atoms with Crippen molar-refractivity contribution in [3.05, 3.63) is 0 Å². The van der Waals surface area contributed by atoms with Crippen molar-refractivity contribution < 1.29 is 9.90 Å². The quantitative estimate of drug-likeness (QED) is 0.690. The maximum absolute atomic E-state index is 11.7. The van der Waals surface area contributed by atoms with Gasteiger partial charge in [0.25, 0.3) is 0 Å². The van der Waals surface area contributed by atoms with Crippen molar-refractivity contribution in [3.8, 4) is 0 Å². The summed E-state index contributed by atoms with van der Waals surface area (Å²) in [5.74, 6) is 0.435. The molecule has 0 aromatic rings. The van der Waals surface area contributed by atoms with E-state index in [1.54, 1.807) is 0 Å². The summed E-state index contributed by atoms with van der Waals surface area (Å²) in [5, 5.41) is 16.1. The lowest BCUT2D eigenvalue weighted by Gasteiger charge is -2.27. The van der Waals surface area contributed by atoms with Crippen LogP contribution in [-0.4, -0.2) is 36.2 Å². The molecular weight excluding hydrogens is 228 g/mol. The van der Waals surface area contributed by atoms with Gasteiger partial charge in [0.05, 0.1) is 12.6 Å². The fourth-order valence-electron chi connectivity index (χ4n) is 3.15. The Morgan fingerprint density at radius 2 is 1.72 bits per heavy atom. The lowest BCUT2D eigenvalue weighted by Crippen LogP contribution is -2.42. The number of rotatable bonds is 5. The van der Waals surface area contributed by atoms with Crippen LogP contribution in [-0.2, 0) is 4.79 Å². The van der Waals surface area contributed by atoms with Crippen molar-refractivity contribution in [2.24, 2.45) is 5.92 Å². The summed E-state index contributed by atoms with van der Waals surface area (Å²) in [7, 11) is 0. The lowest BCUT2D eigenvalue weighted by molar-refractivity contribution is -0.121. The molecule has 0 spiro atoms. The van der Waals surface area contributed by atoms with E-state index >= 15 is 0 Å². The molecule has 2 unspecified atom stereocenters. The van der Waals surface area contributed by atoms with Gasteiger partial charge in [-0.1, -0.05) is 25.7 Å². The topological polar surface area (TPSA) is 61.4 Å². The first-order valence-corrected chi connectivity index (χ1v) is 7.44. The number of carbonyl (C=O) groups is 1. The third-order valence-electron chi connectivity index (χ3n) is 4.28. The van der Waals surface area contributed by atoms with Gasteiger partial charge in [-0.2, -0.15) is 0 Å². The van der Waals surface area contributed by atoms with Gasteiger partial charge >= 0.3 is 0 Å². The van der Waals surface area contributed by atoms with Crippen molar-refractivity contribution in [2.45, 2.75) is 63.5 Å². The molecule has 0 heterocycles. The Kier molecular flexibility index (Phi) is 5.45. The Hall–Kier alpha value is -0.610. The number of hydrogen-bond donors (Lipinski definition) is 3. The molecule has 2 rings (SSSR count). The Morgan fingerprint density at radius 1 is 1.06 bits per heavy atom. The zero-order chi connectivity index (χ0) is 12.8. The molecule has 2 aliphatic carbocycles. The van der Waals surface area contributed by atoms with Crippen LogP contribution in [0, 0.1) is 5.92 Å². The van der Waals surface area contributed by atoms with E-state index in [1.807, 2.05) is 0 Å². The van der Waals surface area contributed by atoms with E-state index in [9.17, 15) is 9.90 Å². The summed E-state index contributed by atoms with van der Waals surface area (Å²) in [6, 6.07) is 0.402. The minimum atomic E-state index is -0.177. The largest absolute Gasteiger partial charge is 0.393 e. The molecule has 2 aliphatic rings. The molecule has 1 amide bonds. The molecular formula is C14H26N2O2. The van der Waals surface area contributed by atoms with Crippen molar-refractivity contribution in [1.29, 1.82) is 0 Å². The van der Waals surface area contributed by atoms with Gasteiger partial charge in [-0.05, 0) is 31.6 Å². The zero-order valence-electron chi connectivity index (χ0n) is 11.2. The summed E-state index contributed by atoms with van der Waals surface area (Å²) >= 11 is 0. The predicted octanol–water partition coefficient (Wildman–Crippen LogP) is 1.19. The minimum absolute atomic E-state index is 0.104. The minimum Gasteiger partial charge on any atom is -0.393 e. The first-order valence-electron chi connectivity index (χ1n) is 7.44. The second-order valence-corrected chi connectivity index (χ2v) is 5.79. The summed E-state index contributed by atoms with van der Waals surface area (Å²) in [6.07, 6.45) is 8.92. The first kappa shape index (κ1) is 13.8. The molecule has 2 fully saturated rings. The Morgan fingerprint density at radius 3 is 2.44 bits per heavy atom. The highest BCUT2D eigenvalue weighted by atomic mass is 16.3. The highest BCUT2D eigenvalue weighted by Crippen LogP contribution is 2.23. The average Bonchev–Trinajstić information content (AvgIpc) is 2.84. The maximum Gasteiger partial charge on any atom is 0.234 e. The maximum atomic E-state index is 11.7. The van der Waals surface area contributed by atoms with Crippen LogP contribution in [0.2, 0.25) is 0 Å². The molecule has 2 atom stereocenters. The fraction of sp³-hybridized carbons (Fsp3) is 0.929. The molecule has 104 valence electrons. The predicted molar refractivity (Wildman–Crippen MR) is 71.2 cm³/mol. The fourth-order valence-corrected chi connectivity index (χ4v) is 3.15. The van der Waals surface area contributed by atoms with Gasteiger partial charge in [0.1, 0.15) is 0 Å². The average molecular weight is 254 g/mol. The Bertz CT molecular complexity index is 265. The van der Waals surface area contributed by atoms with Gasteiger partial charge in [-0.25, -0.2) is 0 Å². The monoisotopic (exact) mass is 254 g/mol. The number of amides is 1. The van der Waals surface area contributed by atoms with Crippen LogP contribution >= 0.6 is 0 Å². The van der Waals surface area contributed by atoms with Crippen LogP contribution in [0.15, 0.2) is 0 Å². The van der Waals surface area contributed by atoms with Crippen LogP contribution in [0.5, 0.6) is 0 Å². The standard InChI is InChI=1S/C14H26N2O2/c17-13-8-4-1-5-11(13)9-15-10-14(18)16-12-6-2-3-7-12/h11-13,15,17H,1-10H2,(H,16,18). The van der Waals surface area contributed by atoms with Crippen LogP contribution < -0.4 is 10.6 Å². The number of hydrogen-bond acceptors (Lipinski definition) is 3. The van der Waals surface area contributed by atoms with E-state index in [2.05, 4.69) is 10.6 Å². The molecule has 3 N–H and O–H groups in total. The van der Waals surface area contributed by atoms with Gasteiger partial charge < -0.3 is 15.7 Å². The van der Waals surface area contributed by atoms with E-state index in [1.165, 1.54) is 19.3 Å². The SMILES string of the molecule is O=C(CNCC1CCCCC1O)NC1CCCC1. The van der Waals surface area contributed by atoms with E-state index in [0.717, 1.165) is 38.6 Å². The third-order valence-corrected chi connectivity index (χ3v) is 4.28. The van der Waals surface area contributed by atoms with Crippen molar-refractivity contribution in [1.82, 2.24) is 10.6 Å². The molecule has 2 saturated carbocycles. The molecule has 4 heteroatoms. The third kappa shape index (κ3) is 4.25. The van der Waals surface area contributed by atoms with Gasteiger partial charge in [0, 0.05) is 12.6 Å². The van der Waals surface area contributed by atoms with Crippen LogP contribution in [0.1, 0.15) is 51.4 Å². The van der Waals surface area contributed by atoms with Gasteiger partial charge in [-0.15, -0.1) is 0 Å². The second-order valence-electron chi connectivity index (χ2n) is 5.79. The molecule has 0 bridgehead atoms. The molecule has 0 radical (unpaired) electrons. The van der Waals surface area contributed by atoms with Gasteiger partial charge in [0.15, 0.2) is 0 Å².